The number of benzene rings is 2. The van der Waals surface area contributed by atoms with Crippen LogP contribution in [0, 0.1) is 0 Å². The number of carbonyl (C=O) groups excluding carboxylic acids is 2. The molecule has 0 bridgehead atoms. The van der Waals surface area contributed by atoms with Crippen molar-refractivity contribution >= 4 is 38.6 Å². The molecule has 3 rings (SSSR count). The van der Waals surface area contributed by atoms with E-state index < -0.39 is 5.97 Å². The molecule has 0 unspecified atom stereocenters. The Hall–Kier alpha value is -2.97. The Labute approximate surface area is 179 Å². The van der Waals surface area contributed by atoms with Crippen molar-refractivity contribution in [3.8, 4) is 5.75 Å². The molecule has 0 aliphatic heterocycles. The lowest BCUT2D eigenvalue weighted by Crippen LogP contribution is -2.33. The smallest absolute Gasteiger partial charge is 0.337 e. The molecular formula is C22H25N3O4S. The van der Waals surface area contributed by atoms with Crippen LogP contribution in [0.2, 0.25) is 0 Å². The van der Waals surface area contributed by atoms with E-state index in [0.29, 0.717) is 22.8 Å². The lowest BCUT2D eigenvalue weighted by Gasteiger charge is -2.21. The number of esters is 1. The second-order valence-electron chi connectivity index (χ2n) is 7.01. The fourth-order valence-corrected chi connectivity index (χ4v) is 3.96. The molecule has 8 heteroatoms. The van der Waals surface area contributed by atoms with Crippen LogP contribution in [0.1, 0.15) is 27.1 Å². The third kappa shape index (κ3) is 4.95. The first kappa shape index (κ1) is 21.7. The minimum Gasteiger partial charge on any atom is -0.497 e. The van der Waals surface area contributed by atoms with Gasteiger partial charge in [0.25, 0.3) is 5.91 Å². The molecule has 1 amide bonds. The van der Waals surface area contributed by atoms with Crippen LogP contribution < -0.4 is 9.64 Å². The largest absolute Gasteiger partial charge is 0.497 e. The molecule has 1 heterocycles. The van der Waals surface area contributed by atoms with E-state index >= 15 is 0 Å². The van der Waals surface area contributed by atoms with Crippen molar-refractivity contribution < 1.29 is 19.1 Å². The summed E-state index contributed by atoms with van der Waals surface area (Å²) in [6.07, 6.45) is 0.804. The number of ether oxygens (including phenoxy) is 2. The van der Waals surface area contributed by atoms with E-state index in [4.69, 9.17) is 9.47 Å². The Bertz CT molecular complexity index is 1030. The Morgan fingerprint density at radius 2 is 1.70 bits per heavy atom. The van der Waals surface area contributed by atoms with Crippen molar-refractivity contribution in [1.82, 2.24) is 9.88 Å². The number of nitrogens with zero attached hydrogens (tertiary/aromatic N) is 3. The maximum Gasteiger partial charge on any atom is 0.337 e. The van der Waals surface area contributed by atoms with Gasteiger partial charge in [0.05, 0.1) is 30.0 Å². The number of thiazole rings is 1. The topological polar surface area (TPSA) is 72.0 Å². The number of rotatable bonds is 8. The summed E-state index contributed by atoms with van der Waals surface area (Å²) in [5, 5.41) is 0.638. The van der Waals surface area contributed by atoms with E-state index in [1.165, 1.54) is 18.4 Å². The van der Waals surface area contributed by atoms with Gasteiger partial charge in [-0.25, -0.2) is 9.78 Å². The maximum atomic E-state index is 13.3. The van der Waals surface area contributed by atoms with Crippen molar-refractivity contribution in [3.63, 3.8) is 0 Å². The minimum absolute atomic E-state index is 0.156. The molecule has 158 valence electrons. The fraction of sp³-hybridized carbons (Fsp3) is 0.318. The third-order valence-electron chi connectivity index (χ3n) is 4.60. The van der Waals surface area contributed by atoms with Crippen molar-refractivity contribution in [1.29, 1.82) is 0 Å². The van der Waals surface area contributed by atoms with Gasteiger partial charge in [-0.1, -0.05) is 11.3 Å². The zero-order chi connectivity index (χ0) is 21.7. The summed E-state index contributed by atoms with van der Waals surface area (Å²) in [7, 11) is 6.95. The first-order valence-electron chi connectivity index (χ1n) is 9.52. The quantitative estimate of drug-likeness (QED) is 0.511. The Kier molecular flexibility index (Phi) is 7.02. The number of aromatic nitrogens is 1. The highest BCUT2D eigenvalue weighted by atomic mass is 32.1. The molecular weight excluding hydrogens is 402 g/mol. The minimum atomic E-state index is -0.433. The van der Waals surface area contributed by atoms with Crippen molar-refractivity contribution in [2.45, 2.75) is 6.42 Å². The monoisotopic (exact) mass is 427 g/mol. The molecule has 0 aliphatic carbocycles. The summed E-state index contributed by atoms with van der Waals surface area (Å²) >= 11 is 1.47. The number of fused-ring (bicyclic) bond motifs is 1. The van der Waals surface area contributed by atoms with E-state index in [0.717, 1.165) is 28.9 Å². The zero-order valence-corrected chi connectivity index (χ0v) is 18.4. The van der Waals surface area contributed by atoms with Gasteiger partial charge in [0.2, 0.25) is 0 Å². The number of carbonyl (C=O) groups is 2. The molecule has 0 N–H and O–H groups in total. The Balaban J connectivity index is 1.91. The fourth-order valence-electron chi connectivity index (χ4n) is 2.99. The number of anilines is 1. The lowest BCUT2D eigenvalue weighted by molar-refractivity contribution is 0.0600. The van der Waals surface area contributed by atoms with E-state index in [9.17, 15) is 9.59 Å². The normalized spacial score (nSPS) is 11.0. The summed E-state index contributed by atoms with van der Waals surface area (Å²) in [5.74, 6) is 0.136. The van der Waals surface area contributed by atoms with Gasteiger partial charge in [-0.05, 0) is 63.5 Å². The van der Waals surface area contributed by atoms with Gasteiger partial charge in [-0.3, -0.25) is 9.69 Å². The number of methoxy groups -OCH3 is 2. The average molecular weight is 428 g/mol. The van der Waals surface area contributed by atoms with E-state index in [-0.39, 0.29) is 5.91 Å². The predicted molar refractivity (Wildman–Crippen MR) is 119 cm³/mol. The SMILES string of the molecule is COC(=O)c1ccc(C(=O)N(CCCN(C)C)c2nc3cc(OC)ccc3s2)cc1. The molecule has 0 radical (unpaired) electrons. The van der Waals surface area contributed by atoms with Crippen LogP contribution in [0.4, 0.5) is 5.13 Å². The van der Waals surface area contributed by atoms with Gasteiger partial charge in [-0.2, -0.15) is 0 Å². The predicted octanol–water partition coefficient (Wildman–Crippen LogP) is 3.69. The molecule has 0 saturated carbocycles. The summed E-state index contributed by atoms with van der Waals surface area (Å²) in [6, 6.07) is 12.2. The second kappa shape index (κ2) is 9.69. The Morgan fingerprint density at radius 3 is 2.33 bits per heavy atom. The van der Waals surface area contributed by atoms with Gasteiger partial charge in [-0.15, -0.1) is 0 Å². The summed E-state index contributed by atoms with van der Waals surface area (Å²) in [4.78, 5) is 33.4. The molecule has 0 saturated heterocycles. The maximum absolute atomic E-state index is 13.3. The average Bonchev–Trinajstić information content (AvgIpc) is 3.18. The molecule has 2 aromatic carbocycles. The van der Waals surface area contributed by atoms with Gasteiger partial charge < -0.3 is 14.4 Å². The number of hydrogen-bond acceptors (Lipinski definition) is 7. The molecule has 0 atom stereocenters. The highest BCUT2D eigenvalue weighted by Crippen LogP contribution is 2.32. The first-order valence-corrected chi connectivity index (χ1v) is 10.3. The van der Waals surface area contributed by atoms with Crippen LogP contribution in [0.25, 0.3) is 10.2 Å². The first-order chi connectivity index (χ1) is 14.4. The Morgan fingerprint density at radius 1 is 1.00 bits per heavy atom. The second-order valence-corrected chi connectivity index (χ2v) is 8.02. The third-order valence-corrected chi connectivity index (χ3v) is 5.66. The van der Waals surface area contributed by atoms with Crippen molar-refractivity contribution in [2.75, 3.05) is 46.3 Å². The summed E-state index contributed by atoms with van der Waals surface area (Å²) in [5.41, 5.74) is 1.69. The molecule has 0 aliphatic rings. The van der Waals surface area contributed by atoms with E-state index in [1.807, 2.05) is 32.3 Å². The van der Waals surface area contributed by atoms with Gasteiger partial charge in [0.1, 0.15) is 5.75 Å². The van der Waals surface area contributed by atoms with Crippen LogP contribution in [-0.2, 0) is 4.74 Å². The summed E-state index contributed by atoms with van der Waals surface area (Å²) < 4.78 is 11.0. The number of amides is 1. The van der Waals surface area contributed by atoms with Crippen LogP contribution in [0.3, 0.4) is 0 Å². The molecule has 3 aromatic rings. The molecule has 1 aromatic heterocycles. The number of hydrogen-bond donors (Lipinski definition) is 0. The molecule has 30 heavy (non-hydrogen) atoms. The van der Waals surface area contributed by atoms with E-state index in [1.54, 1.807) is 36.3 Å². The van der Waals surface area contributed by atoms with Crippen LogP contribution in [0.5, 0.6) is 5.75 Å². The molecule has 0 fully saturated rings. The zero-order valence-electron chi connectivity index (χ0n) is 17.5. The van der Waals surface area contributed by atoms with Crippen LogP contribution in [-0.4, -0.2) is 63.2 Å². The highest BCUT2D eigenvalue weighted by Gasteiger charge is 2.22. The molecule has 7 nitrogen and oxygen atoms in total. The van der Waals surface area contributed by atoms with Gasteiger partial charge >= 0.3 is 5.97 Å². The van der Waals surface area contributed by atoms with Gasteiger partial charge in [0.15, 0.2) is 5.13 Å². The van der Waals surface area contributed by atoms with Crippen molar-refractivity contribution in [2.24, 2.45) is 0 Å². The highest BCUT2D eigenvalue weighted by molar-refractivity contribution is 7.22. The standard InChI is InChI=1S/C22H25N3O4S/c1-24(2)12-5-13-25(20(26)15-6-8-16(9-7-15)21(27)29-4)22-23-18-14-17(28-3)10-11-19(18)30-22/h6-11,14H,5,12-13H2,1-4H3. The van der Waals surface area contributed by atoms with Gasteiger partial charge in [0, 0.05) is 18.2 Å². The molecule has 0 spiro atoms. The van der Waals surface area contributed by atoms with Crippen molar-refractivity contribution in [3.05, 3.63) is 53.6 Å². The van der Waals surface area contributed by atoms with Crippen LogP contribution in [0.15, 0.2) is 42.5 Å². The van der Waals surface area contributed by atoms with E-state index in [2.05, 4.69) is 9.88 Å². The lowest BCUT2D eigenvalue weighted by atomic mass is 10.1. The van der Waals surface area contributed by atoms with Crippen LogP contribution >= 0.6 is 11.3 Å². The summed E-state index contributed by atoms with van der Waals surface area (Å²) in [6.45, 7) is 1.39.